The highest BCUT2D eigenvalue weighted by molar-refractivity contribution is 7.42. The molecule has 0 fully saturated rings. The first-order chi connectivity index (χ1) is 52.1. The number of aromatic nitrogens is 13. The van der Waals surface area contributed by atoms with Crippen LogP contribution < -0.4 is 22.8 Å². The van der Waals surface area contributed by atoms with Gasteiger partial charge in [0.25, 0.3) is 52.7 Å². The van der Waals surface area contributed by atoms with Gasteiger partial charge in [-0.05, 0) is 101 Å². The van der Waals surface area contributed by atoms with Crippen LogP contribution in [0.15, 0.2) is 253 Å². The third-order valence-corrected chi connectivity index (χ3v) is 26.7. The maximum Gasteiger partial charge on any atom is 0.383 e. The number of thiophene rings is 1. The molecule has 0 amide bonds. The van der Waals surface area contributed by atoms with Gasteiger partial charge in [0.1, 0.15) is 11.0 Å². The van der Waals surface area contributed by atoms with Crippen LogP contribution in [0, 0.1) is 0 Å². The van der Waals surface area contributed by atoms with E-state index in [-0.39, 0.29) is 0 Å². The standard InChI is InChI=1S/C21H14N3S.C16H12N3O.C16H12N3S.C15H9N2OS.C15H9N2S2/c1-2-7-15(8-3-1)24-18-10-11-22-12-17(18)19-21(24)25-20-16-9-5-4-6-14(16)13-23(19)20;2*1-18-13-6-7-17-8-12(13)14-16(18)20-15-11-5-3-2-4-10(11)9-19(14)15;2*1-2-4-10-9(3-1)8-17-13-11-7-16-6-5-12(11)18-15(13)19-14(10)17/h1-12H,13H2;2*2-8H,9H2,1H3;2*1-7H,8H2/q5*+1/i;1D3;;;. The van der Waals surface area contributed by atoms with E-state index in [0.717, 1.165) is 58.5 Å². The van der Waals surface area contributed by atoms with Crippen LogP contribution in [0.5, 0.6) is 0 Å². The molecule has 0 spiro atoms. The van der Waals surface area contributed by atoms with E-state index >= 15 is 0 Å². The maximum absolute atomic E-state index is 7.86. The van der Waals surface area contributed by atoms with Crippen LogP contribution in [0.3, 0.4) is 0 Å². The van der Waals surface area contributed by atoms with E-state index in [1.165, 1.54) is 148 Å². The Balaban J connectivity index is 0.0000000830. The second-order valence-corrected chi connectivity index (χ2v) is 31.4. The molecule has 490 valence electrons. The van der Waals surface area contributed by atoms with Gasteiger partial charge in [-0.15, -0.1) is 15.9 Å². The van der Waals surface area contributed by atoms with Crippen molar-refractivity contribution in [2.75, 3.05) is 0 Å². The van der Waals surface area contributed by atoms with Gasteiger partial charge in [0, 0.05) is 124 Å². The van der Waals surface area contributed by atoms with Gasteiger partial charge in [0.05, 0.1) is 65.9 Å². The van der Waals surface area contributed by atoms with E-state index < -0.39 is 6.98 Å². The first-order valence-electron chi connectivity index (χ1n) is 35.4. The molecule has 0 aliphatic carbocycles. The Kier molecular flexibility index (Phi) is 12.4. The van der Waals surface area contributed by atoms with E-state index in [0.29, 0.717) is 23.7 Å². The van der Waals surface area contributed by atoms with Crippen molar-refractivity contribution in [2.45, 2.75) is 32.7 Å². The monoisotopic (exact) mass is 1430 g/mol. The Morgan fingerprint density at radius 3 is 1.44 bits per heavy atom. The predicted molar refractivity (Wildman–Crippen MR) is 411 cm³/mol. The van der Waals surface area contributed by atoms with Gasteiger partial charge in [0.2, 0.25) is 5.52 Å². The number of oxazole rings is 1. The molecule has 15 aromatic heterocycles. The minimum atomic E-state index is -2.31. The number of thiazole rings is 4. The average Bonchev–Trinajstić information content (AvgIpc) is 1.59. The molecule has 6 aromatic carbocycles. The van der Waals surface area contributed by atoms with E-state index in [4.69, 9.17) is 12.9 Å². The summed E-state index contributed by atoms with van der Waals surface area (Å²) >= 11 is 9.26. The predicted octanol–water partition coefficient (Wildman–Crippen LogP) is 17.5. The zero-order chi connectivity index (χ0) is 70.2. The van der Waals surface area contributed by atoms with Gasteiger partial charge in [0.15, 0.2) is 46.4 Å². The highest BCUT2D eigenvalue weighted by atomic mass is 32.2. The molecule has 0 saturated carbocycles. The van der Waals surface area contributed by atoms with Crippen molar-refractivity contribution >= 4 is 162 Å². The topological polar surface area (TPSA) is 125 Å². The van der Waals surface area contributed by atoms with Crippen LogP contribution in [-0.4, -0.2) is 38.6 Å². The van der Waals surface area contributed by atoms with Crippen molar-refractivity contribution in [1.82, 2.24) is 38.6 Å². The van der Waals surface area contributed by atoms with Crippen LogP contribution in [0.25, 0.3) is 165 Å². The fourth-order valence-corrected chi connectivity index (χ4v) is 22.5. The average molecular weight is 1430 g/mol. The summed E-state index contributed by atoms with van der Waals surface area (Å²) in [6.07, 6.45) is 18.6. The Labute approximate surface area is 610 Å². The molecule has 0 atom stereocenters. The molecule has 20 heterocycles. The highest BCUT2D eigenvalue weighted by Gasteiger charge is 2.40. The lowest BCUT2D eigenvalue weighted by Crippen LogP contribution is -2.30. The normalized spacial score (nSPS) is 13.5. The molecule has 103 heavy (non-hydrogen) atoms. The lowest BCUT2D eigenvalue weighted by atomic mass is 10.1. The van der Waals surface area contributed by atoms with Crippen molar-refractivity contribution < 1.29 is 35.8 Å². The van der Waals surface area contributed by atoms with Crippen molar-refractivity contribution in [3.63, 3.8) is 0 Å². The summed E-state index contributed by atoms with van der Waals surface area (Å²) in [4.78, 5) is 25.0. The number of pyridine rings is 5. The minimum absolute atomic E-state index is 0.373. The number of hydrogen-bond acceptors (Lipinski definition) is 12. The number of benzene rings is 6. The second-order valence-electron chi connectivity index (χ2n) is 26.2. The number of para-hydroxylation sites is 1. The number of furan rings is 1. The quantitative estimate of drug-likeness (QED) is 0.150. The first-order valence-corrected chi connectivity index (χ1v) is 37.9. The molecule has 5 aliphatic heterocycles. The van der Waals surface area contributed by atoms with Gasteiger partial charge in [-0.1, -0.05) is 121 Å². The molecule has 26 rings (SSSR count). The third-order valence-electron chi connectivity index (χ3n) is 20.6. The van der Waals surface area contributed by atoms with Crippen molar-refractivity contribution in [1.29, 1.82) is 0 Å². The summed E-state index contributed by atoms with van der Waals surface area (Å²) in [7, 11) is 2.14. The van der Waals surface area contributed by atoms with Gasteiger partial charge < -0.3 is 18.0 Å². The van der Waals surface area contributed by atoms with Gasteiger partial charge in [-0.25, -0.2) is 0 Å². The maximum atomic E-state index is 7.86. The smallest absolute Gasteiger partial charge is 0.383 e. The van der Waals surface area contributed by atoms with Gasteiger partial charge >= 0.3 is 5.89 Å². The fourth-order valence-electron chi connectivity index (χ4n) is 16.0. The van der Waals surface area contributed by atoms with Crippen LogP contribution in [0.4, 0.5) is 0 Å². The van der Waals surface area contributed by atoms with E-state index in [2.05, 4.69) is 211 Å². The number of rotatable bonds is 1. The molecule has 21 aromatic rings. The van der Waals surface area contributed by atoms with Gasteiger partial charge in [-0.2, -0.15) is 18.3 Å². The summed E-state index contributed by atoms with van der Waals surface area (Å²) < 4.78 is 55.9. The second kappa shape index (κ2) is 22.9. The molecular weight excluding hydrogens is 1370 g/mol. The highest BCUT2D eigenvalue weighted by Crippen LogP contribution is 2.46. The van der Waals surface area contributed by atoms with E-state index in [9.17, 15) is 0 Å². The van der Waals surface area contributed by atoms with Crippen molar-refractivity contribution in [3.8, 4) is 59.4 Å². The van der Waals surface area contributed by atoms with Crippen LogP contribution in [0.2, 0.25) is 0 Å². The summed E-state index contributed by atoms with van der Waals surface area (Å²) in [6, 6.07) is 63.3. The molecule has 20 heteroatoms. The zero-order valence-corrected chi connectivity index (χ0v) is 58.9. The van der Waals surface area contributed by atoms with Crippen LogP contribution >= 0.6 is 56.7 Å². The zero-order valence-electron chi connectivity index (χ0n) is 57.8. The largest absolute Gasteiger partial charge is 0.439 e. The molecule has 0 unspecified atom stereocenters. The van der Waals surface area contributed by atoms with Crippen molar-refractivity contribution in [3.05, 3.63) is 272 Å². The first kappa shape index (κ1) is 55.9. The third kappa shape index (κ3) is 8.82. The van der Waals surface area contributed by atoms with E-state index in [1.54, 1.807) is 36.0 Å². The van der Waals surface area contributed by atoms with Crippen molar-refractivity contribution in [2.24, 2.45) is 14.0 Å². The minimum Gasteiger partial charge on any atom is -0.439 e. The summed E-state index contributed by atoms with van der Waals surface area (Å²) in [5.41, 5.74) is 24.8. The lowest BCUT2D eigenvalue weighted by Gasteiger charge is -2.04. The van der Waals surface area contributed by atoms with E-state index in [1.807, 2.05) is 118 Å². The molecule has 0 N–H and O–H groups in total. The SMILES string of the molecule is Cn1c2ccncc2c2c1sc1[n+]2Cc2ccccc2-1.[2H]C([2H])([2H])n1c2ccncc2c2c1oc1[n+]2Cc2ccccc2-1.c1ccc(-n2c3ccncc3c3c2sc2[n+]3Cc3ccccc3-2)cc1.c1ccc2c(c1)C[n+]1c-2sc2oc3ccncc3c21.c1ccc2c(c1)C[n+]1c-2sc2sc3ccncc3c21. The summed E-state index contributed by atoms with van der Waals surface area (Å²) in [5, 5.41) is 11.0. The Morgan fingerprint density at radius 1 is 0.369 bits per heavy atom. The molecule has 5 aliphatic rings. The number of fused-ring (bicyclic) bond motifs is 35. The van der Waals surface area contributed by atoms with Crippen LogP contribution in [0.1, 0.15) is 31.9 Å². The molecule has 0 bridgehead atoms. The lowest BCUT2D eigenvalue weighted by molar-refractivity contribution is -0.648. The number of hydrogen-bond donors (Lipinski definition) is 0. The van der Waals surface area contributed by atoms with Crippen LogP contribution in [-0.2, 0) is 46.7 Å². The molecule has 0 radical (unpaired) electrons. The summed E-state index contributed by atoms with van der Waals surface area (Å²) in [6.45, 7) is 2.19. The number of nitrogens with zero attached hydrogens (tertiary/aromatic N) is 13. The Morgan fingerprint density at radius 2 is 0.816 bits per heavy atom. The van der Waals surface area contributed by atoms with Gasteiger partial charge in [-0.3, -0.25) is 29.5 Å². The molecule has 0 saturated heterocycles. The summed E-state index contributed by atoms with van der Waals surface area (Å²) in [5.74, 6) is 0.703. The fraction of sp³-hybridized carbons (Fsp3) is 0.0843. The number of aryl methyl sites for hydroxylation is 2. The molecule has 15 nitrogen and oxygen atoms in total. The Bertz CT molecular complexity index is 7090. The molecular formula is C83H56N13O2S5+5. The Hall–Kier alpha value is -11.8.